The molecule has 2 aliphatic rings. The van der Waals surface area contributed by atoms with Crippen molar-refractivity contribution in [1.29, 1.82) is 0 Å². The Hall–Kier alpha value is -2.37. The van der Waals surface area contributed by atoms with Crippen LogP contribution in [0.25, 0.3) is 0 Å². The summed E-state index contributed by atoms with van der Waals surface area (Å²) in [5.41, 5.74) is 3.07. The van der Waals surface area contributed by atoms with Gasteiger partial charge in [-0.05, 0) is 38.0 Å². The Balaban J connectivity index is 1.49. The molecule has 2 N–H and O–H groups in total. The van der Waals surface area contributed by atoms with E-state index in [9.17, 15) is 19.5 Å². The second-order valence-electron chi connectivity index (χ2n) is 7.31. The van der Waals surface area contributed by atoms with Crippen LogP contribution < -0.4 is 5.32 Å². The molecule has 2 aromatic rings. The Morgan fingerprint density at radius 3 is 2.71 bits per heavy atom. The number of fused-ring (bicyclic) bond motifs is 1. The lowest BCUT2D eigenvalue weighted by molar-refractivity contribution is -0.148. The smallest absolute Gasteiger partial charge is 0.352 e. The monoisotopic (exact) mass is 476 g/mol. The van der Waals surface area contributed by atoms with Crippen molar-refractivity contribution in [3.63, 3.8) is 0 Å². The number of nitrogens with one attached hydrogen (secondary N) is 1. The molecule has 11 heteroatoms. The largest absolute Gasteiger partial charge is 0.477 e. The number of aryl methyl sites for hydroxylation is 3. The lowest BCUT2D eigenvalue weighted by Crippen LogP contribution is -2.70. The molecule has 0 saturated carbocycles. The molecule has 0 spiro atoms. The molecule has 2 aliphatic heterocycles. The molecule has 162 valence electrons. The fourth-order valence-corrected chi connectivity index (χ4v) is 6.87. The van der Waals surface area contributed by atoms with Gasteiger partial charge >= 0.3 is 5.97 Å². The number of thioether (sulfide) groups is 2. The van der Waals surface area contributed by atoms with Crippen molar-refractivity contribution < 1.29 is 19.5 Å². The van der Waals surface area contributed by atoms with E-state index in [1.807, 2.05) is 32.9 Å². The van der Waals surface area contributed by atoms with Crippen molar-refractivity contribution in [3.8, 4) is 0 Å². The molecule has 0 unspecified atom stereocenters. The first-order valence-corrected chi connectivity index (χ1v) is 12.3. The minimum atomic E-state index is -1.14. The van der Waals surface area contributed by atoms with Crippen molar-refractivity contribution >= 4 is 52.6 Å². The first-order valence-electron chi connectivity index (χ1n) is 9.47. The van der Waals surface area contributed by atoms with Crippen LogP contribution in [0.1, 0.15) is 26.5 Å². The Bertz CT molecular complexity index is 1110. The average Bonchev–Trinajstić information content (AvgIpc) is 3.14. The van der Waals surface area contributed by atoms with Gasteiger partial charge in [-0.25, -0.2) is 4.79 Å². The number of carbonyl (C=O) groups excluding carboxylic acids is 2. The molecule has 4 rings (SSSR count). The first kappa shape index (κ1) is 21.8. The summed E-state index contributed by atoms with van der Waals surface area (Å²) in [4.78, 5) is 38.8. The van der Waals surface area contributed by atoms with Crippen LogP contribution in [0, 0.1) is 20.8 Å². The predicted molar refractivity (Wildman–Crippen MR) is 120 cm³/mol. The van der Waals surface area contributed by atoms with Crippen LogP contribution in [0.3, 0.4) is 0 Å². The van der Waals surface area contributed by atoms with Crippen LogP contribution in [0.4, 0.5) is 0 Å². The zero-order valence-electron chi connectivity index (χ0n) is 17.0. The van der Waals surface area contributed by atoms with Gasteiger partial charge in [0, 0.05) is 17.1 Å². The second kappa shape index (κ2) is 8.64. The third-order valence-corrected chi connectivity index (χ3v) is 8.44. The zero-order chi connectivity index (χ0) is 22.3. The first-order chi connectivity index (χ1) is 14.8. The highest BCUT2D eigenvalue weighted by atomic mass is 32.2. The summed E-state index contributed by atoms with van der Waals surface area (Å²) < 4.78 is 0.760. The molecule has 2 amide bonds. The van der Waals surface area contributed by atoms with Gasteiger partial charge in [-0.2, -0.15) is 0 Å². The molecule has 1 saturated heterocycles. The van der Waals surface area contributed by atoms with E-state index < -0.39 is 23.3 Å². The Morgan fingerprint density at radius 1 is 1.29 bits per heavy atom. The zero-order valence-corrected chi connectivity index (χ0v) is 19.5. The number of hydrogen-bond acceptors (Lipinski definition) is 8. The number of nitrogens with zero attached hydrogens (tertiary/aromatic N) is 3. The standard InChI is InChI=1S/C20H20N4O4S3/c1-9-4-5-13(10(2)6-9)16(25)21-14-17(26)24-15(19(27)28)12(7-29-18(14)24)8-30-20-23-22-11(3)31-20/h4-6,14,18H,7-8H2,1-3H3,(H,21,25)(H,27,28)/t14-,18+/m1/s1. The highest BCUT2D eigenvalue weighted by molar-refractivity contribution is 8.01. The highest BCUT2D eigenvalue weighted by Gasteiger charge is 2.54. The molecule has 0 bridgehead atoms. The summed E-state index contributed by atoms with van der Waals surface area (Å²) in [6.07, 6.45) is 0. The van der Waals surface area contributed by atoms with Crippen LogP contribution >= 0.6 is 34.9 Å². The molecular weight excluding hydrogens is 456 g/mol. The summed E-state index contributed by atoms with van der Waals surface area (Å²) in [6, 6.07) is 4.75. The fraction of sp³-hybridized carbons (Fsp3) is 0.350. The van der Waals surface area contributed by atoms with Crippen LogP contribution in [-0.2, 0) is 9.59 Å². The van der Waals surface area contributed by atoms with Crippen LogP contribution in [0.5, 0.6) is 0 Å². The van der Waals surface area contributed by atoms with Gasteiger partial charge in [0.25, 0.3) is 11.8 Å². The van der Waals surface area contributed by atoms with E-state index >= 15 is 0 Å². The highest BCUT2D eigenvalue weighted by Crippen LogP contribution is 2.41. The summed E-state index contributed by atoms with van der Waals surface area (Å²) >= 11 is 4.32. The molecule has 1 aromatic heterocycles. The Kier molecular flexibility index (Phi) is 6.09. The number of carbonyl (C=O) groups is 3. The number of aromatic nitrogens is 2. The minimum absolute atomic E-state index is 0.0134. The average molecular weight is 477 g/mol. The number of benzene rings is 1. The predicted octanol–water partition coefficient (Wildman–Crippen LogP) is 2.61. The number of carboxylic acids is 1. The van der Waals surface area contributed by atoms with Gasteiger partial charge < -0.3 is 10.4 Å². The van der Waals surface area contributed by atoms with E-state index in [4.69, 9.17) is 0 Å². The third-order valence-electron chi connectivity index (χ3n) is 5.04. The van der Waals surface area contributed by atoms with E-state index in [1.54, 1.807) is 6.07 Å². The van der Waals surface area contributed by atoms with E-state index in [2.05, 4.69) is 15.5 Å². The van der Waals surface area contributed by atoms with Gasteiger partial charge in [0.2, 0.25) is 0 Å². The van der Waals surface area contributed by atoms with Crippen molar-refractivity contribution in [3.05, 3.63) is 51.2 Å². The van der Waals surface area contributed by atoms with Crippen molar-refractivity contribution in [2.45, 2.75) is 36.5 Å². The summed E-state index contributed by atoms with van der Waals surface area (Å²) in [7, 11) is 0. The number of β-lactam (4-membered cyclic amide) rings is 1. The summed E-state index contributed by atoms with van der Waals surface area (Å²) in [5.74, 6) is -0.982. The number of rotatable bonds is 6. The summed E-state index contributed by atoms with van der Waals surface area (Å²) in [5, 5.41) is 21.0. The Labute approximate surface area is 191 Å². The molecule has 31 heavy (non-hydrogen) atoms. The molecule has 0 aliphatic carbocycles. The number of carboxylic acid groups (broad SMARTS) is 1. The lowest BCUT2D eigenvalue weighted by Gasteiger charge is -2.49. The third kappa shape index (κ3) is 4.21. The maximum Gasteiger partial charge on any atom is 0.352 e. The molecule has 1 aromatic carbocycles. The fourth-order valence-electron chi connectivity index (χ4n) is 3.57. The van der Waals surface area contributed by atoms with Crippen molar-refractivity contribution in [2.24, 2.45) is 0 Å². The molecule has 8 nitrogen and oxygen atoms in total. The number of hydrogen-bond donors (Lipinski definition) is 2. The Morgan fingerprint density at radius 2 is 2.06 bits per heavy atom. The van der Waals surface area contributed by atoms with Crippen LogP contribution in [-0.4, -0.2) is 60.9 Å². The van der Waals surface area contributed by atoms with Crippen LogP contribution in [0.15, 0.2) is 33.8 Å². The molecule has 2 atom stereocenters. The van der Waals surface area contributed by atoms with Gasteiger partial charge in [0.1, 0.15) is 22.1 Å². The van der Waals surface area contributed by atoms with E-state index in [0.717, 1.165) is 20.5 Å². The van der Waals surface area contributed by atoms with Gasteiger partial charge in [-0.1, -0.05) is 40.8 Å². The van der Waals surface area contributed by atoms with Gasteiger partial charge in [0.05, 0.1) is 0 Å². The minimum Gasteiger partial charge on any atom is -0.477 e. The summed E-state index contributed by atoms with van der Waals surface area (Å²) in [6.45, 7) is 5.65. The van der Waals surface area contributed by atoms with Crippen molar-refractivity contribution in [1.82, 2.24) is 20.4 Å². The SMILES string of the molecule is Cc1ccc(C(=O)N[C@@H]2C(=O)N3C(C(=O)O)=C(CSc4nnc(C)s4)CS[C@@H]23)c(C)c1. The lowest BCUT2D eigenvalue weighted by atomic mass is 10.0. The van der Waals surface area contributed by atoms with E-state index in [0.29, 0.717) is 22.6 Å². The molecule has 1 fully saturated rings. The normalized spacial score (nSPS) is 20.4. The van der Waals surface area contributed by atoms with Crippen LogP contribution in [0.2, 0.25) is 0 Å². The van der Waals surface area contributed by atoms with Gasteiger partial charge in [-0.3, -0.25) is 14.5 Å². The molecule has 0 radical (unpaired) electrons. The topological polar surface area (TPSA) is 112 Å². The second-order valence-corrected chi connectivity index (χ2v) is 10.8. The van der Waals surface area contributed by atoms with E-state index in [1.165, 1.54) is 39.8 Å². The van der Waals surface area contributed by atoms with Crippen molar-refractivity contribution in [2.75, 3.05) is 11.5 Å². The van der Waals surface area contributed by atoms with Gasteiger partial charge in [-0.15, -0.1) is 22.0 Å². The maximum atomic E-state index is 12.8. The van der Waals surface area contributed by atoms with Gasteiger partial charge in [0.15, 0.2) is 4.34 Å². The maximum absolute atomic E-state index is 12.8. The molecular formula is C20H20N4O4S3. The van der Waals surface area contributed by atoms with E-state index in [-0.39, 0.29) is 11.6 Å². The number of aliphatic carboxylic acids is 1. The molecule has 3 heterocycles. The number of amides is 2. The quantitative estimate of drug-likeness (QED) is 0.483.